The maximum atomic E-state index is 12.5. The van der Waals surface area contributed by atoms with Crippen LogP contribution in [0.5, 0.6) is 0 Å². The van der Waals surface area contributed by atoms with Crippen LogP contribution < -0.4 is 11.1 Å². The zero-order chi connectivity index (χ0) is 16.0. The van der Waals surface area contributed by atoms with Gasteiger partial charge in [-0.2, -0.15) is 0 Å². The molecule has 0 aliphatic heterocycles. The van der Waals surface area contributed by atoms with Gasteiger partial charge in [-0.3, -0.25) is 4.79 Å². The summed E-state index contributed by atoms with van der Waals surface area (Å²) >= 11 is 0. The first kappa shape index (κ1) is 14.8. The van der Waals surface area contributed by atoms with Gasteiger partial charge in [-0.1, -0.05) is 12.1 Å². The lowest BCUT2D eigenvalue weighted by Gasteiger charge is -2.27. The fourth-order valence-corrected chi connectivity index (χ4v) is 4.81. The van der Waals surface area contributed by atoms with E-state index in [0.29, 0.717) is 18.4 Å². The number of aromatic amines is 1. The number of hydrogen-bond acceptors (Lipinski definition) is 2. The van der Waals surface area contributed by atoms with E-state index in [1.165, 1.54) is 34.9 Å². The fourth-order valence-electron chi connectivity index (χ4n) is 4.81. The number of carbonyl (C=O) groups excluding carboxylic acids is 1. The third kappa shape index (κ3) is 2.45. The summed E-state index contributed by atoms with van der Waals surface area (Å²) < 4.78 is 0. The van der Waals surface area contributed by atoms with Gasteiger partial charge in [-0.25, -0.2) is 0 Å². The minimum absolute atomic E-state index is 0.0402. The van der Waals surface area contributed by atoms with Crippen molar-refractivity contribution in [1.82, 2.24) is 10.3 Å². The Morgan fingerprint density at radius 3 is 2.96 bits per heavy atom. The van der Waals surface area contributed by atoms with Gasteiger partial charge in [0.2, 0.25) is 5.91 Å². The molecule has 1 aromatic heterocycles. The molecule has 4 N–H and O–H groups in total. The Hall–Kier alpha value is -1.81. The van der Waals surface area contributed by atoms with Gasteiger partial charge in [-0.15, -0.1) is 0 Å². The van der Waals surface area contributed by atoms with E-state index in [2.05, 4.69) is 41.6 Å². The first-order chi connectivity index (χ1) is 11.1. The van der Waals surface area contributed by atoms with Crippen LogP contribution in [0.15, 0.2) is 24.4 Å². The monoisotopic (exact) mass is 311 g/mol. The van der Waals surface area contributed by atoms with E-state index in [9.17, 15) is 4.79 Å². The highest BCUT2D eigenvalue weighted by molar-refractivity contribution is 5.86. The lowest BCUT2D eigenvalue weighted by atomic mass is 9.84. The second-order valence-corrected chi connectivity index (χ2v) is 7.29. The summed E-state index contributed by atoms with van der Waals surface area (Å²) in [5.41, 5.74) is 9.98. The van der Waals surface area contributed by atoms with Gasteiger partial charge in [0.15, 0.2) is 0 Å². The Morgan fingerprint density at radius 2 is 2.17 bits per heavy atom. The quantitative estimate of drug-likeness (QED) is 0.812. The summed E-state index contributed by atoms with van der Waals surface area (Å²) in [4.78, 5) is 15.8. The van der Waals surface area contributed by atoms with Crippen LogP contribution in [-0.4, -0.2) is 23.5 Å². The third-order valence-corrected chi connectivity index (χ3v) is 5.97. The van der Waals surface area contributed by atoms with Crippen LogP contribution in [0.25, 0.3) is 10.9 Å². The number of rotatable bonds is 4. The van der Waals surface area contributed by atoms with E-state index >= 15 is 0 Å². The van der Waals surface area contributed by atoms with Crippen molar-refractivity contribution in [2.45, 2.75) is 38.6 Å². The predicted octanol–water partition coefficient (Wildman–Crippen LogP) is 2.51. The van der Waals surface area contributed by atoms with Crippen molar-refractivity contribution in [2.24, 2.45) is 23.5 Å². The van der Waals surface area contributed by atoms with E-state index in [1.807, 2.05) is 0 Å². The number of carbonyl (C=O) groups is 1. The molecule has 2 aliphatic carbocycles. The Labute approximate surface area is 136 Å². The van der Waals surface area contributed by atoms with Gasteiger partial charge in [0.05, 0.1) is 5.92 Å². The Morgan fingerprint density at radius 1 is 1.35 bits per heavy atom. The molecule has 4 nitrogen and oxygen atoms in total. The highest BCUT2D eigenvalue weighted by Gasteiger charge is 2.48. The van der Waals surface area contributed by atoms with E-state index in [0.717, 1.165) is 12.8 Å². The minimum Gasteiger partial charge on any atom is -0.361 e. The Kier molecular flexibility index (Phi) is 3.64. The Bertz CT molecular complexity index is 733. The molecule has 4 rings (SSSR count). The smallest absolute Gasteiger partial charge is 0.224 e. The average molecular weight is 311 g/mol. The lowest BCUT2D eigenvalue weighted by Crippen LogP contribution is -2.45. The topological polar surface area (TPSA) is 70.9 Å². The molecule has 1 aromatic carbocycles. The maximum Gasteiger partial charge on any atom is 0.224 e. The highest BCUT2D eigenvalue weighted by Crippen LogP contribution is 2.47. The van der Waals surface area contributed by atoms with Crippen molar-refractivity contribution in [3.8, 4) is 0 Å². The second kappa shape index (κ2) is 5.68. The summed E-state index contributed by atoms with van der Waals surface area (Å²) in [6.45, 7) is 2.81. The zero-order valence-corrected chi connectivity index (χ0v) is 13.6. The molecule has 0 radical (unpaired) electrons. The average Bonchev–Trinajstić information content (AvgIpc) is 3.22. The lowest BCUT2D eigenvalue weighted by molar-refractivity contribution is -0.127. The molecular weight excluding hydrogens is 286 g/mol. The number of fused-ring (bicyclic) bond motifs is 3. The van der Waals surface area contributed by atoms with Gasteiger partial charge in [0.1, 0.15) is 0 Å². The summed E-state index contributed by atoms with van der Waals surface area (Å²) in [5.74, 6) is 1.30. The number of benzene rings is 1. The van der Waals surface area contributed by atoms with E-state index < -0.39 is 0 Å². The third-order valence-electron chi connectivity index (χ3n) is 5.97. The summed E-state index contributed by atoms with van der Waals surface area (Å²) in [7, 11) is 0. The molecule has 2 aliphatic rings. The number of H-pyrrole nitrogens is 1. The van der Waals surface area contributed by atoms with Crippen molar-refractivity contribution < 1.29 is 4.79 Å². The zero-order valence-electron chi connectivity index (χ0n) is 13.6. The molecule has 0 spiro atoms. The minimum atomic E-state index is 0.0402. The van der Waals surface area contributed by atoms with E-state index in [4.69, 9.17) is 5.73 Å². The van der Waals surface area contributed by atoms with Crippen LogP contribution in [0, 0.1) is 24.7 Å². The first-order valence-electron chi connectivity index (χ1n) is 8.74. The predicted molar refractivity (Wildman–Crippen MR) is 92.0 cm³/mol. The van der Waals surface area contributed by atoms with Gasteiger partial charge in [-0.05, 0) is 61.6 Å². The van der Waals surface area contributed by atoms with Crippen molar-refractivity contribution in [2.75, 3.05) is 6.54 Å². The molecule has 1 heterocycles. The maximum absolute atomic E-state index is 12.5. The van der Waals surface area contributed by atoms with Gasteiger partial charge in [0, 0.05) is 29.7 Å². The number of nitrogens with one attached hydrogen (secondary N) is 2. The van der Waals surface area contributed by atoms with Gasteiger partial charge < -0.3 is 16.0 Å². The number of aryl methyl sites for hydroxylation is 1. The Balaban J connectivity index is 1.39. The molecule has 2 bridgehead atoms. The van der Waals surface area contributed by atoms with Gasteiger partial charge in [0.25, 0.3) is 0 Å². The molecule has 2 aromatic rings. The number of hydrogen-bond donors (Lipinski definition) is 3. The van der Waals surface area contributed by atoms with Crippen molar-refractivity contribution in [3.05, 3.63) is 35.5 Å². The fraction of sp³-hybridized carbons (Fsp3) is 0.526. The number of nitrogens with two attached hydrogens (primary N) is 1. The molecule has 122 valence electrons. The molecule has 2 saturated carbocycles. The van der Waals surface area contributed by atoms with Crippen LogP contribution in [0.2, 0.25) is 0 Å². The second-order valence-electron chi connectivity index (χ2n) is 7.29. The molecule has 23 heavy (non-hydrogen) atoms. The van der Waals surface area contributed by atoms with Crippen molar-refractivity contribution in [1.29, 1.82) is 0 Å². The van der Waals surface area contributed by atoms with Crippen molar-refractivity contribution >= 4 is 16.8 Å². The molecule has 1 amide bonds. The standard InChI is InChI=1S/C19H25N3O/c1-11-3-2-4-15-16(11)14(10-22-15)7-8-21-19(23)17-12-5-6-13(9-12)18(17)20/h2-4,10,12-13,17-18,22H,5-9,20H2,1H3,(H,21,23). The van der Waals surface area contributed by atoms with Gasteiger partial charge >= 0.3 is 0 Å². The number of amides is 1. The largest absolute Gasteiger partial charge is 0.361 e. The van der Waals surface area contributed by atoms with Crippen molar-refractivity contribution in [3.63, 3.8) is 0 Å². The molecule has 4 heteroatoms. The van der Waals surface area contributed by atoms with E-state index in [-0.39, 0.29) is 17.9 Å². The normalized spacial score (nSPS) is 29.3. The molecular formula is C19H25N3O. The van der Waals surface area contributed by atoms with Crippen LogP contribution in [-0.2, 0) is 11.2 Å². The molecule has 2 fully saturated rings. The van der Waals surface area contributed by atoms with E-state index in [1.54, 1.807) is 0 Å². The molecule has 0 saturated heterocycles. The SMILES string of the molecule is Cc1cccc2[nH]cc(CCNC(=O)C3C4CCC(C4)C3N)c12. The van der Waals surface area contributed by atoms with Crippen LogP contribution in [0.1, 0.15) is 30.4 Å². The van der Waals surface area contributed by atoms with Crippen LogP contribution >= 0.6 is 0 Å². The summed E-state index contributed by atoms with van der Waals surface area (Å²) in [6.07, 6.45) is 6.46. The molecule has 4 atom stereocenters. The summed E-state index contributed by atoms with van der Waals surface area (Å²) in [6, 6.07) is 6.37. The van der Waals surface area contributed by atoms with Crippen LogP contribution in [0.4, 0.5) is 0 Å². The number of aromatic nitrogens is 1. The summed E-state index contributed by atoms with van der Waals surface area (Å²) in [5, 5.41) is 4.42. The first-order valence-corrected chi connectivity index (χ1v) is 8.74. The molecule has 4 unspecified atom stereocenters. The highest BCUT2D eigenvalue weighted by atomic mass is 16.1. The van der Waals surface area contributed by atoms with Crippen LogP contribution in [0.3, 0.4) is 0 Å².